The number of benzene rings is 1. The molecule has 5 nitrogen and oxygen atoms in total. The van der Waals surface area contributed by atoms with Gasteiger partial charge in [0.05, 0.1) is 16.3 Å². The van der Waals surface area contributed by atoms with Crippen molar-refractivity contribution in [3.63, 3.8) is 0 Å². The van der Waals surface area contributed by atoms with Crippen LogP contribution in [0.3, 0.4) is 0 Å². The second-order valence-corrected chi connectivity index (χ2v) is 3.64. The fourth-order valence-electron chi connectivity index (χ4n) is 1.10. The van der Waals surface area contributed by atoms with Gasteiger partial charge >= 0.3 is 6.18 Å². The van der Waals surface area contributed by atoms with E-state index in [2.05, 4.69) is 10.6 Å². The number of hydrogen-bond donors (Lipinski definition) is 5. The Morgan fingerprint density at radius 3 is 2.39 bits per heavy atom. The lowest BCUT2D eigenvalue weighted by Crippen LogP contribution is -2.39. The second kappa shape index (κ2) is 5.13. The van der Waals surface area contributed by atoms with Crippen molar-refractivity contribution in [2.75, 3.05) is 5.32 Å². The minimum Gasteiger partial charge on any atom is -0.370 e. The molecule has 0 aromatic heterocycles. The van der Waals surface area contributed by atoms with E-state index in [-0.39, 0.29) is 10.7 Å². The summed E-state index contributed by atoms with van der Waals surface area (Å²) < 4.78 is 37.4. The molecule has 0 unspecified atom stereocenters. The molecule has 98 valence electrons. The Morgan fingerprint density at radius 1 is 1.28 bits per heavy atom. The van der Waals surface area contributed by atoms with E-state index in [0.717, 1.165) is 18.2 Å². The molecule has 0 atom stereocenters. The van der Waals surface area contributed by atoms with E-state index in [1.165, 1.54) is 0 Å². The molecule has 0 fully saturated rings. The number of anilines is 1. The molecule has 0 heterocycles. The molecule has 0 amide bonds. The first-order valence-corrected chi connectivity index (χ1v) is 4.91. The predicted octanol–water partition coefficient (Wildman–Crippen LogP) is 2.19. The Labute approximate surface area is 105 Å². The van der Waals surface area contributed by atoms with Gasteiger partial charge in [-0.1, -0.05) is 11.6 Å². The summed E-state index contributed by atoms with van der Waals surface area (Å²) in [6, 6.07) is 2.65. The average Bonchev–Trinajstić information content (AvgIpc) is 2.18. The summed E-state index contributed by atoms with van der Waals surface area (Å²) in [7, 11) is 0. The van der Waals surface area contributed by atoms with E-state index in [0.29, 0.717) is 0 Å². The molecule has 0 radical (unpaired) electrons. The monoisotopic (exact) mass is 279 g/mol. The lowest BCUT2D eigenvalue weighted by Gasteiger charge is -2.13. The molecular weight excluding hydrogens is 271 g/mol. The van der Waals surface area contributed by atoms with Crippen LogP contribution in [0.25, 0.3) is 0 Å². The molecule has 0 saturated heterocycles. The number of alkyl halides is 3. The fourth-order valence-corrected chi connectivity index (χ4v) is 1.26. The normalized spacial score (nSPS) is 10.9. The van der Waals surface area contributed by atoms with Crippen molar-refractivity contribution < 1.29 is 13.2 Å². The van der Waals surface area contributed by atoms with Crippen molar-refractivity contribution in [1.29, 1.82) is 10.8 Å². The van der Waals surface area contributed by atoms with Crippen LogP contribution in [-0.2, 0) is 6.18 Å². The van der Waals surface area contributed by atoms with E-state index < -0.39 is 23.7 Å². The van der Waals surface area contributed by atoms with Crippen LogP contribution in [0.15, 0.2) is 18.2 Å². The zero-order chi connectivity index (χ0) is 13.9. The largest absolute Gasteiger partial charge is 0.416 e. The molecule has 9 heteroatoms. The Hall–Kier alpha value is -1.96. The summed E-state index contributed by atoms with van der Waals surface area (Å²) in [5.41, 5.74) is 3.96. The van der Waals surface area contributed by atoms with E-state index in [1.54, 1.807) is 0 Å². The minimum absolute atomic E-state index is 0.0121. The number of hydrogen-bond acceptors (Lipinski definition) is 2. The highest BCUT2D eigenvalue weighted by molar-refractivity contribution is 6.33. The highest BCUT2D eigenvalue weighted by atomic mass is 35.5. The number of rotatable bonds is 1. The molecule has 0 aliphatic heterocycles. The fraction of sp³-hybridized carbons (Fsp3) is 0.111. The van der Waals surface area contributed by atoms with Gasteiger partial charge in [0.1, 0.15) is 0 Å². The molecule has 0 spiro atoms. The van der Waals surface area contributed by atoms with Crippen LogP contribution in [0.4, 0.5) is 18.9 Å². The van der Waals surface area contributed by atoms with Crippen LogP contribution in [0.5, 0.6) is 0 Å². The first kappa shape index (κ1) is 14.1. The SMILES string of the molecule is N=C(N)NC(=N)Nc1cc(C(F)(F)F)ccc1Cl. The number of nitrogens with one attached hydrogen (secondary N) is 4. The van der Waals surface area contributed by atoms with Gasteiger partial charge in [0.2, 0.25) is 0 Å². The van der Waals surface area contributed by atoms with Gasteiger partial charge in [0.25, 0.3) is 0 Å². The van der Waals surface area contributed by atoms with Gasteiger partial charge < -0.3 is 11.1 Å². The van der Waals surface area contributed by atoms with Gasteiger partial charge in [-0.2, -0.15) is 13.2 Å². The summed E-state index contributed by atoms with van der Waals surface area (Å²) in [6.45, 7) is 0. The van der Waals surface area contributed by atoms with Crippen LogP contribution in [0, 0.1) is 10.8 Å². The molecule has 1 rings (SSSR count). The van der Waals surface area contributed by atoms with Crippen molar-refractivity contribution in [3.05, 3.63) is 28.8 Å². The molecular formula is C9H9ClF3N5. The van der Waals surface area contributed by atoms with Crippen LogP contribution in [0.1, 0.15) is 5.56 Å². The van der Waals surface area contributed by atoms with Gasteiger partial charge in [0, 0.05) is 0 Å². The van der Waals surface area contributed by atoms with E-state index in [9.17, 15) is 13.2 Å². The number of halogens is 4. The zero-order valence-corrected chi connectivity index (χ0v) is 9.58. The van der Waals surface area contributed by atoms with Crippen molar-refractivity contribution in [2.24, 2.45) is 5.73 Å². The molecule has 0 bridgehead atoms. The summed E-state index contributed by atoms with van der Waals surface area (Å²) in [5.74, 6) is -0.973. The summed E-state index contributed by atoms with van der Waals surface area (Å²) in [4.78, 5) is 0. The zero-order valence-electron chi connectivity index (χ0n) is 8.82. The number of guanidine groups is 2. The van der Waals surface area contributed by atoms with Crippen molar-refractivity contribution in [1.82, 2.24) is 5.32 Å². The maximum atomic E-state index is 12.5. The topological polar surface area (TPSA) is 97.8 Å². The van der Waals surface area contributed by atoms with E-state index in [1.807, 2.05) is 0 Å². The quantitative estimate of drug-likeness (QED) is 0.402. The predicted molar refractivity (Wildman–Crippen MR) is 62.9 cm³/mol. The van der Waals surface area contributed by atoms with Crippen molar-refractivity contribution in [2.45, 2.75) is 6.18 Å². The summed E-state index contributed by atoms with van der Waals surface area (Å²) in [5, 5.41) is 18.5. The van der Waals surface area contributed by atoms with Gasteiger partial charge in [-0.3, -0.25) is 16.1 Å². The Bertz CT molecular complexity index is 486. The molecule has 6 N–H and O–H groups in total. The third kappa shape index (κ3) is 3.81. The Kier molecular flexibility index (Phi) is 4.02. The highest BCUT2D eigenvalue weighted by Crippen LogP contribution is 2.33. The van der Waals surface area contributed by atoms with Gasteiger partial charge in [-0.25, -0.2) is 0 Å². The third-order valence-corrected chi connectivity index (χ3v) is 2.14. The van der Waals surface area contributed by atoms with Crippen LogP contribution >= 0.6 is 11.6 Å². The average molecular weight is 280 g/mol. The summed E-state index contributed by atoms with van der Waals surface area (Å²) >= 11 is 5.69. The highest BCUT2D eigenvalue weighted by Gasteiger charge is 2.31. The van der Waals surface area contributed by atoms with Gasteiger partial charge in [0.15, 0.2) is 11.9 Å². The number of nitrogens with two attached hydrogens (primary N) is 1. The van der Waals surface area contributed by atoms with Gasteiger partial charge in [-0.15, -0.1) is 0 Å². The summed E-state index contributed by atoms with van der Waals surface area (Å²) in [6.07, 6.45) is -4.50. The minimum atomic E-state index is -4.50. The smallest absolute Gasteiger partial charge is 0.370 e. The molecule has 0 aliphatic carbocycles. The van der Waals surface area contributed by atoms with Crippen LogP contribution < -0.4 is 16.4 Å². The Morgan fingerprint density at radius 2 is 1.89 bits per heavy atom. The molecule has 1 aromatic rings. The third-order valence-electron chi connectivity index (χ3n) is 1.81. The lowest BCUT2D eigenvalue weighted by atomic mass is 10.2. The second-order valence-electron chi connectivity index (χ2n) is 3.23. The maximum Gasteiger partial charge on any atom is 0.416 e. The van der Waals surface area contributed by atoms with Crippen molar-refractivity contribution >= 4 is 29.2 Å². The van der Waals surface area contributed by atoms with Crippen LogP contribution in [-0.4, -0.2) is 11.9 Å². The molecule has 1 aromatic carbocycles. The molecule has 0 saturated carbocycles. The molecule has 0 aliphatic rings. The standard InChI is InChI=1S/C9H9ClF3N5/c10-5-2-1-4(9(11,12)13)3-6(5)17-8(16)18-7(14)15/h1-3H,(H6,14,15,16,17,18). The Balaban J connectivity index is 2.95. The maximum absolute atomic E-state index is 12.5. The lowest BCUT2D eigenvalue weighted by molar-refractivity contribution is -0.137. The molecule has 18 heavy (non-hydrogen) atoms. The van der Waals surface area contributed by atoms with Gasteiger partial charge in [-0.05, 0) is 18.2 Å². The van der Waals surface area contributed by atoms with E-state index in [4.69, 9.17) is 28.2 Å². The first-order valence-electron chi connectivity index (χ1n) is 4.53. The van der Waals surface area contributed by atoms with Crippen LogP contribution in [0.2, 0.25) is 5.02 Å². The first-order chi connectivity index (χ1) is 8.20. The van der Waals surface area contributed by atoms with E-state index >= 15 is 0 Å². The van der Waals surface area contributed by atoms with Crippen molar-refractivity contribution in [3.8, 4) is 0 Å².